The second-order valence-electron chi connectivity index (χ2n) is 24.4. The highest BCUT2D eigenvalue weighted by molar-refractivity contribution is 8.00. The molecule has 0 spiro atoms. The maximum atomic E-state index is 8.85. The van der Waals surface area contributed by atoms with E-state index >= 15 is 0 Å². The molecule has 5 aliphatic carbocycles. The van der Waals surface area contributed by atoms with Crippen LogP contribution in [0.4, 0.5) is 0 Å². The van der Waals surface area contributed by atoms with Crippen LogP contribution in [-0.4, -0.2) is 242 Å². The van der Waals surface area contributed by atoms with Crippen LogP contribution in [0.2, 0.25) is 0 Å². The normalized spacial score (nSPS) is 39.0. The van der Waals surface area contributed by atoms with Crippen molar-refractivity contribution in [3.05, 3.63) is 36.5 Å². The van der Waals surface area contributed by atoms with Gasteiger partial charge in [-0.1, -0.05) is 78.0 Å². The first-order chi connectivity index (χ1) is 40.5. The molecule has 10 rings (SSSR count). The molecule has 10 aliphatic rings. The largest absolute Gasteiger partial charge is 0.396 e. The summed E-state index contributed by atoms with van der Waals surface area (Å²) in [5, 5.41) is 122. The molecule has 0 bridgehead atoms. The first-order valence-corrected chi connectivity index (χ1v) is 33.2. The Labute approximate surface area is 518 Å². The van der Waals surface area contributed by atoms with Crippen molar-refractivity contribution in [2.24, 2.45) is 70.0 Å². The Morgan fingerprint density at radius 3 is 1.35 bits per heavy atom. The molecule has 8 fully saturated rings. The van der Waals surface area contributed by atoms with E-state index < -0.39 is 0 Å². The summed E-state index contributed by atoms with van der Waals surface area (Å²) >= 11 is 3.37. The van der Waals surface area contributed by atoms with Gasteiger partial charge in [0.25, 0.3) is 0 Å². The van der Waals surface area contributed by atoms with Crippen LogP contribution >= 0.6 is 23.5 Å². The van der Waals surface area contributed by atoms with Crippen LogP contribution < -0.4 is 0 Å². The van der Waals surface area contributed by atoms with E-state index in [4.69, 9.17) is 99.9 Å². The highest BCUT2D eigenvalue weighted by Gasteiger charge is 2.52. The highest BCUT2D eigenvalue weighted by Crippen LogP contribution is 2.55. The van der Waals surface area contributed by atoms with Crippen LogP contribution in [0.15, 0.2) is 36.5 Å². The monoisotopic (exact) mass is 1260 g/mol. The lowest BCUT2D eigenvalue weighted by molar-refractivity contribution is -0.200. The summed E-state index contributed by atoms with van der Waals surface area (Å²) in [6.07, 6.45) is 16.9. The molecule has 0 amide bonds. The van der Waals surface area contributed by atoms with Crippen molar-refractivity contribution in [2.45, 2.75) is 180 Å². The lowest BCUT2D eigenvalue weighted by atomic mass is 9.66. The number of hydrogen-bond donors (Lipinski definition) is 14. The van der Waals surface area contributed by atoms with Crippen LogP contribution in [0.25, 0.3) is 0 Å². The van der Waals surface area contributed by atoms with Gasteiger partial charge < -0.3 is 99.9 Å². The van der Waals surface area contributed by atoms with Crippen LogP contribution in [0.5, 0.6) is 0 Å². The molecular formula is C63H120O20S2. The Kier molecular flexibility index (Phi) is 43.9. The number of hydrogen-bond acceptors (Lipinski definition) is 22. The van der Waals surface area contributed by atoms with Gasteiger partial charge in [-0.2, -0.15) is 0 Å². The highest BCUT2D eigenvalue weighted by atomic mass is 32.2. The number of rotatable bonds is 16. The van der Waals surface area contributed by atoms with Gasteiger partial charge in [-0.05, 0) is 131 Å². The van der Waals surface area contributed by atoms with Crippen molar-refractivity contribution in [3.63, 3.8) is 0 Å². The molecule has 20 nitrogen and oxygen atoms in total. The zero-order valence-corrected chi connectivity index (χ0v) is 54.9. The number of aliphatic hydroxyl groups excluding tert-OH is 14. The molecule has 5 heterocycles. The lowest BCUT2D eigenvalue weighted by Crippen LogP contribution is -2.50. The molecule has 85 heavy (non-hydrogen) atoms. The molecular weight excluding hydrogens is 1140 g/mol. The first kappa shape index (κ1) is 82.1. The van der Waals surface area contributed by atoms with Crippen LogP contribution in [0.3, 0.4) is 0 Å². The Bertz CT molecular complexity index is 1600. The summed E-state index contributed by atoms with van der Waals surface area (Å²) in [5.74, 6) is 5.48. The molecule has 4 saturated heterocycles. The Morgan fingerprint density at radius 2 is 1.15 bits per heavy atom. The SMILES string of the molecule is C=C1[C@H](CO)CC[C@@H]1C.CC[C@@]1(CO)C[C@@H]1CO.CC[C@]1(CO)C[C@H]1CO.C[C@@H]1C[C@H](CO)[C@H]1CO.C[C@@H]1O[C@H](CO)[C@H]1CO.C[C@H]1C=C[C@@H](CO)C1.C[C@H]1C=C[C@@H](CO)O1.C[C@H]1CO[C@@H](CO)O1.C[C@H]1CO[C@@H](CO)S1.C[C@H]1CS[C@@H](CO)O1. The van der Waals surface area contributed by atoms with Gasteiger partial charge in [0, 0.05) is 81.6 Å². The second kappa shape index (κ2) is 45.4. The van der Waals surface area contributed by atoms with Crippen LogP contribution in [0.1, 0.15) is 121 Å². The molecule has 5 aliphatic heterocycles. The van der Waals surface area contributed by atoms with Gasteiger partial charge >= 0.3 is 0 Å². The van der Waals surface area contributed by atoms with Crippen molar-refractivity contribution in [3.8, 4) is 0 Å². The zero-order valence-electron chi connectivity index (χ0n) is 53.3. The minimum absolute atomic E-state index is 0.0234. The molecule has 4 saturated carbocycles. The average Bonchev–Trinajstić information content (AvgIpc) is 2.45. The number of allylic oxidation sites excluding steroid dienone is 1. The molecule has 0 aromatic rings. The van der Waals surface area contributed by atoms with E-state index in [2.05, 4.69) is 60.3 Å². The van der Waals surface area contributed by atoms with Gasteiger partial charge in [0.2, 0.25) is 0 Å². The first-order valence-electron chi connectivity index (χ1n) is 31.2. The standard InChI is InChI=1S/C8H14O.3C7H14O2.C7H12O.C6H12O3.C6H10O2.C5H10O3.2C5H10O2S/c1-6-3-4-8(5-9)7(6)2;1-5-2-6(3-8)7(5)4-9;2*1-2-7(5-9)3-6(7)4-8;1-6-2-3-7(4-6)5-8;1-4-5(2-7)6(3-8)9-4;1-5-2-3-6(4-7)8-5;1-4-3-7-5(2-6)8-4;1-4-3-8-5(2-6)7-4;1-4-3-7-5(2-6)8-4/h6,8-9H,2-5H2,1H3;5-9H,2-4H2,1H3;2*6,8-9H,2-5H2,1H3;2-3,6-8H,4-5H2,1H3;4-8H,2-3H2,1H3;2-3,5-7H,4H2,1H3;3*4-6H,2-3H2,1H3/t6-,8-;5-,6-,7+;3*6-,7+;4-,5-,6+;5-,6-;4-,5+;4-,5-;4-,5+/m0110000000/s1. The minimum Gasteiger partial charge on any atom is -0.396 e. The van der Waals surface area contributed by atoms with Crippen molar-refractivity contribution >= 4 is 23.5 Å². The molecule has 0 aromatic carbocycles. The molecule has 504 valence electrons. The summed E-state index contributed by atoms with van der Waals surface area (Å²) in [6.45, 7) is 28.4. The van der Waals surface area contributed by atoms with E-state index in [9.17, 15) is 0 Å². The summed E-state index contributed by atoms with van der Waals surface area (Å²) < 4.78 is 30.6. The Hall–Kier alpha value is -0.880. The van der Waals surface area contributed by atoms with E-state index in [1.807, 2.05) is 39.8 Å². The third-order valence-electron chi connectivity index (χ3n) is 17.8. The summed E-state index contributed by atoms with van der Waals surface area (Å²) in [4.78, 5) is 0. The minimum atomic E-state index is -0.370. The van der Waals surface area contributed by atoms with Gasteiger partial charge in [0.15, 0.2) is 6.29 Å². The van der Waals surface area contributed by atoms with Crippen LogP contribution in [-0.2, 0) is 28.4 Å². The van der Waals surface area contributed by atoms with Crippen molar-refractivity contribution in [1.29, 1.82) is 0 Å². The second-order valence-corrected chi connectivity index (χ2v) is 27.2. The van der Waals surface area contributed by atoms with Gasteiger partial charge in [0.05, 0.1) is 89.5 Å². The quantitative estimate of drug-likeness (QED) is 0.0966. The van der Waals surface area contributed by atoms with E-state index in [0.29, 0.717) is 84.4 Å². The fourth-order valence-corrected chi connectivity index (χ4v) is 12.8. The predicted octanol–water partition coefficient (Wildman–Crippen LogP) is 4.14. The molecule has 0 radical (unpaired) electrons. The molecule has 22 atom stereocenters. The zero-order chi connectivity index (χ0) is 64.3. The summed E-state index contributed by atoms with van der Waals surface area (Å²) in [5.41, 5.74) is 1.55. The van der Waals surface area contributed by atoms with E-state index in [1.165, 1.54) is 12.0 Å². The predicted molar refractivity (Wildman–Crippen MR) is 334 cm³/mol. The van der Waals surface area contributed by atoms with Gasteiger partial charge in [-0.25, -0.2) is 0 Å². The summed E-state index contributed by atoms with van der Waals surface area (Å²) in [6, 6.07) is 0. The van der Waals surface area contributed by atoms with Gasteiger partial charge in [-0.15, -0.1) is 23.5 Å². The van der Waals surface area contributed by atoms with Crippen molar-refractivity contribution < 1.29 is 99.9 Å². The third-order valence-corrected chi connectivity index (χ3v) is 20.3. The molecule has 14 N–H and O–H groups in total. The van der Waals surface area contributed by atoms with E-state index in [0.717, 1.165) is 57.3 Å². The molecule has 0 unspecified atom stereocenters. The fourth-order valence-electron chi connectivity index (χ4n) is 11.0. The number of ether oxygens (including phenoxy) is 6. The Balaban J connectivity index is 0.000000472. The van der Waals surface area contributed by atoms with Crippen LogP contribution in [0, 0.1) is 70.0 Å². The van der Waals surface area contributed by atoms with Crippen molar-refractivity contribution in [2.75, 3.05) is 111 Å². The van der Waals surface area contributed by atoms with Gasteiger partial charge in [-0.3, -0.25) is 0 Å². The maximum Gasteiger partial charge on any atom is 0.181 e. The average molecular weight is 1260 g/mol. The molecule has 22 heteroatoms. The Morgan fingerprint density at radius 1 is 0.541 bits per heavy atom. The number of thioether (sulfide) groups is 2. The van der Waals surface area contributed by atoms with E-state index in [1.54, 1.807) is 23.5 Å². The van der Waals surface area contributed by atoms with E-state index in [-0.39, 0.29) is 144 Å². The number of aliphatic hydroxyl groups is 14. The smallest absolute Gasteiger partial charge is 0.181 e. The maximum absolute atomic E-state index is 8.85. The fraction of sp³-hybridized carbons (Fsp3) is 0.905. The molecule has 0 aromatic heterocycles. The summed E-state index contributed by atoms with van der Waals surface area (Å²) in [7, 11) is 0. The topological polar surface area (TPSA) is 339 Å². The van der Waals surface area contributed by atoms with Gasteiger partial charge in [0.1, 0.15) is 10.9 Å². The third kappa shape index (κ3) is 30.0. The lowest BCUT2D eigenvalue weighted by Gasteiger charge is -2.41. The van der Waals surface area contributed by atoms with Crippen molar-refractivity contribution in [1.82, 2.24) is 0 Å².